The predicted octanol–water partition coefficient (Wildman–Crippen LogP) is 3.83. The highest BCUT2D eigenvalue weighted by Gasteiger charge is 2.15. The number of unbranched alkanes of at least 4 members (excludes halogenated alkanes) is 1. The Labute approximate surface area is 150 Å². The first-order chi connectivity index (χ1) is 12.0. The highest BCUT2D eigenvalue weighted by Crippen LogP contribution is 2.11. The lowest BCUT2D eigenvalue weighted by Gasteiger charge is -2.19. The first-order valence-corrected chi connectivity index (χ1v) is 8.68. The molecule has 0 radical (unpaired) electrons. The number of carbonyl (C=O) groups is 2. The summed E-state index contributed by atoms with van der Waals surface area (Å²) in [4.78, 5) is 28.3. The molecule has 132 valence electrons. The molecule has 25 heavy (non-hydrogen) atoms. The van der Waals surface area contributed by atoms with Gasteiger partial charge in [0, 0.05) is 38.3 Å². The lowest BCUT2D eigenvalue weighted by atomic mass is 10.1. The van der Waals surface area contributed by atoms with Crippen molar-refractivity contribution in [1.82, 2.24) is 9.80 Å². The third kappa shape index (κ3) is 5.18. The second-order valence-corrected chi connectivity index (χ2v) is 6.30. The molecule has 4 nitrogen and oxygen atoms in total. The average Bonchev–Trinajstić information content (AvgIpc) is 2.65. The van der Waals surface area contributed by atoms with Crippen LogP contribution in [0.15, 0.2) is 54.6 Å². The second kappa shape index (κ2) is 9.02. The van der Waals surface area contributed by atoms with Crippen LogP contribution in [0.1, 0.15) is 46.0 Å². The van der Waals surface area contributed by atoms with E-state index in [9.17, 15) is 9.59 Å². The van der Waals surface area contributed by atoms with Gasteiger partial charge in [-0.15, -0.1) is 0 Å². The molecule has 0 bridgehead atoms. The lowest BCUT2D eigenvalue weighted by Crippen LogP contribution is -2.28. The zero-order valence-corrected chi connectivity index (χ0v) is 15.2. The van der Waals surface area contributed by atoms with Gasteiger partial charge in [0.1, 0.15) is 0 Å². The third-order valence-electron chi connectivity index (χ3n) is 4.18. The molecule has 0 aliphatic heterocycles. The van der Waals surface area contributed by atoms with Gasteiger partial charge in [0.2, 0.25) is 0 Å². The number of carbonyl (C=O) groups excluding carboxylic acids is 2. The van der Waals surface area contributed by atoms with E-state index in [4.69, 9.17) is 0 Å². The zero-order chi connectivity index (χ0) is 18.2. The first kappa shape index (κ1) is 18.7. The summed E-state index contributed by atoms with van der Waals surface area (Å²) in [7, 11) is 3.59. The molecule has 0 atom stereocenters. The van der Waals surface area contributed by atoms with E-state index in [0.29, 0.717) is 17.7 Å². The SMILES string of the molecule is CCCCN(C)C(=O)c1ccc(C(=O)N(C)Cc2ccccc2)cc1. The third-order valence-corrected chi connectivity index (χ3v) is 4.18. The summed E-state index contributed by atoms with van der Waals surface area (Å²) in [6.45, 7) is 3.40. The van der Waals surface area contributed by atoms with Crippen LogP contribution >= 0.6 is 0 Å². The summed E-state index contributed by atoms with van der Waals surface area (Å²) in [6, 6.07) is 16.8. The van der Waals surface area contributed by atoms with Crippen molar-refractivity contribution in [1.29, 1.82) is 0 Å². The van der Waals surface area contributed by atoms with Crippen molar-refractivity contribution >= 4 is 11.8 Å². The second-order valence-electron chi connectivity index (χ2n) is 6.30. The Hall–Kier alpha value is -2.62. The quantitative estimate of drug-likeness (QED) is 0.770. The Kier molecular flexibility index (Phi) is 6.75. The summed E-state index contributed by atoms with van der Waals surface area (Å²) in [5.41, 5.74) is 2.29. The molecular formula is C21H26N2O2. The fraction of sp³-hybridized carbons (Fsp3) is 0.333. The fourth-order valence-electron chi connectivity index (χ4n) is 2.62. The van der Waals surface area contributed by atoms with E-state index >= 15 is 0 Å². The molecule has 2 aromatic carbocycles. The van der Waals surface area contributed by atoms with Crippen molar-refractivity contribution in [3.63, 3.8) is 0 Å². The van der Waals surface area contributed by atoms with Crippen LogP contribution in [0, 0.1) is 0 Å². The van der Waals surface area contributed by atoms with Gasteiger partial charge in [0.05, 0.1) is 0 Å². The van der Waals surface area contributed by atoms with Gasteiger partial charge in [0.25, 0.3) is 11.8 Å². The molecule has 2 aromatic rings. The van der Waals surface area contributed by atoms with Crippen LogP contribution in [0.5, 0.6) is 0 Å². The van der Waals surface area contributed by atoms with Crippen molar-refractivity contribution in [3.8, 4) is 0 Å². The normalized spacial score (nSPS) is 10.4. The van der Waals surface area contributed by atoms with Crippen LogP contribution in [0.25, 0.3) is 0 Å². The van der Waals surface area contributed by atoms with Crippen molar-refractivity contribution < 1.29 is 9.59 Å². The molecule has 0 aromatic heterocycles. The van der Waals surface area contributed by atoms with Crippen LogP contribution in [-0.4, -0.2) is 42.3 Å². The minimum Gasteiger partial charge on any atom is -0.342 e. The molecule has 2 amide bonds. The summed E-state index contributed by atoms with van der Waals surface area (Å²) >= 11 is 0. The van der Waals surface area contributed by atoms with Gasteiger partial charge in [0.15, 0.2) is 0 Å². The van der Waals surface area contributed by atoms with Gasteiger partial charge in [-0.3, -0.25) is 9.59 Å². The van der Waals surface area contributed by atoms with E-state index in [-0.39, 0.29) is 11.8 Å². The number of rotatable bonds is 7. The molecule has 4 heteroatoms. The molecule has 0 fully saturated rings. The molecule has 2 rings (SSSR count). The number of nitrogens with zero attached hydrogens (tertiary/aromatic N) is 2. The maximum atomic E-state index is 12.5. The van der Waals surface area contributed by atoms with Gasteiger partial charge < -0.3 is 9.80 Å². The van der Waals surface area contributed by atoms with E-state index in [0.717, 1.165) is 24.9 Å². The fourth-order valence-corrected chi connectivity index (χ4v) is 2.62. The largest absolute Gasteiger partial charge is 0.342 e. The Morgan fingerprint density at radius 1 is 0.800 bits per heavy atom. The van der Waals surface area contributed by atoms with Gasteiger partial charge in [-0.1, -0.05) is 43.7 Å². The van der Waals surface area contributed by atoms with E-state index < -0.39 is 0 Å². The van der Waals surface area contributed by atoms with Crippen molar-refractivity contribution in [2.24, 2.45) is 0 Å². The van der Waals surface area contributed by atoms with E-state index in [2.05, 4.69) is 6.92 Å². The topological polar surface area (TPSA) is 40.6 Å². The van der Waals surface area contributed by atoms with Crippen LogP contribution in [0.3, 0.4) is 0 Å². The number of amides is 2. The van der Waals surface area contributed by atoms with Crippen molar-refractivity contribution in [3.05, 3.63) is 71.3 Å². The van der Waals surface area contributed by atoms with Gasteiger partial charge in [-0.25, -0.2) is 0 Å². The average molecular weight is 338 g/mol. The van der Waals surface area contributed by atoms with E-state index in [1.807, 2.05) is 37.4 Å². The molecule has 0 saturated carbocycles. The standard InChI is InChI=1S/C21H26N2O2/c1-4-5-15-22(2)20(24)18-11-13-19(14-12-18)21(25)23(3)16-17-9-7-6-8-10-17/h6-14H,4-5,15-16H2,1-3H3. The minimum atomic E-state index is -0.0535. The molecule has 0 heterocycles. The zero-order valence-electron chi connectivity index (χ0n) is 15.2. The molecule has 0 spiro atoms. The monoisotopic (exact) mass is 338 g/mol. The number of hydrogen-bond acceptors (Lipinski definition) is 2. The van der Waals surface area contributed by atoms with E-state index in [1.54, 1.807) is 41.1 Å². The van der Waals surface area contributed by atoms with Gasteiger partial charge >= 0.3 is 0 Å². The molecule has 0 N–H and O–H groups in total. The maximum absolute atomic E-state index is 12.5. The summed E-state index contributed by atoms with van der Waals surface area (Å²) in [5, 5.41) is 0. The minimum absolute atomic E-state index is 0.00918. The molecule has 0 saturated heterocycles. The van der Waals surface area contributed by atoms with Crippen molar-refractivity contribution in [2.75, 3.05) is 20.6 Å². The number of benzene rings is 2. The Morgan fingerprint density at radius 2 is 1.32 bits per heavy atom. The van der Waals surface area contributed by atoms with Crippen molar-refractivity contribution in [2.45, 2.75) is 26.3 Å². The van der Waals surface area contributed by atoms with E-state index in [1.165, 1.54) is 0 Å². The first-order valence-electron chi connectivity index (χ1n) is 8.68. The molecule has 0 aliphatic carbocycles. The number of hydrogen-bond donors (Lipinski definition) is 0. The smallest absolute Gasteiger partial charge is 0.253 e. The summed E-state index contributed by atoms with van der Waals surface area (Å²) in [5.74, 6) is -0.0627. The molecular weight excluding hydrogens is 312 g/mol. The molecule has 0 aliphatic rings. The highest BCUT2D eigenvalue weighted by molar-refractivity contribution is 5.97. The predicted molar refractivity (Wildman–Crippen MR) is 101 cm³/mol. The Bertz CT molecular complexity index is 696. The highest BCUT2D eigenvalue weighted by atomic mass is 16.2. The maximum Gasteiger partial charge on any atom is 0.253 e. The van der Waals surface area contributed by atoms with Crippen LogP contribution in [0.2, 0.25) is 0 Å². The van der Waals surface area contributed by atoms with Gasteiger partial charge in [-0.2, -0.15) is 0 Å². The lowest BCUT2D eigenvalue weighted by molar-refractivity contribution is 0.0777. The van der Waals surface area contributed by atoms with Gasteiger partial charge in [-0.05, 0) is 36.2 Å². The van der Waals surface area contributed by atoms with Crippen LogP contribution in [0.4, 0.5) is 0 Å². The van der Waals surface area contributed by atoms with Crippen LogP contribution < -0.4 is 0 Å². The summed E-state index contributed by atoms with van der Waals surface area (Å²) < 4.78 is 0. The molecule has 0 unspecified atom stereocenters. The Morgan fingerprint density at radius 3 is 1.84 bits per heavy atom. The summed E-state index contributed by atoms with van der Waals surface area (Å²) in [6.07, 6.45) is 2.04. The Balaban J connectivity index is 2.01. The van der Waals surface area contributed by atoms with Crippen LogP contribution in [-0.2, 0) is 6.54 Å².